The topological polar surface area (TPSA) is 47.3 Å². The van der Waals surface area contributed by atoms with Gasteiger partial charge in [0.2, 0.25) is 0 Å². The van der Waals surface area contributed by atoms with E-state index in [4.69, 9.17) is 10.6 Å². The fourth-order valence-electron chi connectivity index (χ4n) is 2.90. The van der Waals surface area contributed by atoms with Gasteiger partial charge < -0.3 is 4.74 Å². The quantitative estimate of drug-likeness (QED) is 0.626. The van der Waals surface area contributed by atoms with Crippen LogP contribution < -0.4 is 11.3 Å². The van der Waals surface area contributed by atoms with Gasteiger partial charge in [-0.3, -0.25) is 11.3 Å². The molecule has 0 amide bonds. The molecule has 2 atom stereocenters. The number of ether oxygens (including phenoxy) is 1. The van der Waals surface area contributed by atoms with Crippen molar-refractivity contribution in [3.63, 3.8) is 0 Å². The van der Waals surface area contributed by atoms with E-state index in [-0.39, 0.29) is 12.1 Å². The second kappa shape index (κ2) is 5.92. The fraction of sp³-hybridized carbons (Fsp3) is 0.412. The molecule has 20 heavy (non-hydrogen) atoms. The Hall–Kier alpha value is -1.42. The summed E-state index contributed by atoms with van der Waals surface area (Å²) in [5.41, 5.74) is 4.17. The Morgan fingerprint density at radius 3 is 2.60 bits per heavy atom. The summed E-state index contributed by atoms with van der Waals surface area (Å²) in [6.45, 7) is 2.77. The smallest absolute Gasteiger partial charge is 0.0810 e. The van der Waals surface area contributed by atoms with Crippen LogP contribution in [0.1, 0.15) is 31.4 Å². The molecule has 0 heterocycles. The van der Waals surface area contributed by atoms with Gasteiger partial charge in [0.25, 0.3) is 0 Å². The minimum absolute atomic E-state index is 0.0621. The zero-order chi connectivity index (χ0) is 13.9. The lowest BCUT2D eigenvalue weighted by Crippen LogP contribution is -2.39. The summed E-state index contributed by atoms with van der Waals surface area (Å²) >= 11 is 0. The largest absolute Gasteiger partial charge is 0.376 e. The van der Waals surface area contributed by atoms with Crippen molar-refractivity contribution in [2.75, 3.05) is 6.61 Å². The molecule has 2 aromatic carbocycles. The Kier molecular flexibility index (Phi) is 4.01. The van der Waals surface area contributed by atoms with E-state index in [1.54, 1.807) is 0 Å². The van der Waals surface area contributed by atoms with Gasteiger partial charge in [-0.05, 0) is 48.1 Å². The Morgan fingerprint density at radius 2 is 1.95 bits per heavy atom. The highest BCUT2D eigenvalue weighted by atomic mass is 16.5. The van der Waals surface area contributed by atoms with Crippen LogP contribution in [0.2, 0.25) is 0 Å². The molecule has 0 radical (unpaired) electrons. The molecular formula is C17H22N2O. The second-order valence-electron chi connectivity index (χ2n) is 5.51. The summed E-state index contributed by atoms with van der Waals surface area (Å²) < 4.78 is 5.94. The molecule has 3 rings (SSSR count). The van der Waals surface area contributed by atoms with Crippen molar-refractivity contribution < 1.29 is 4.74 Å². The molecular weight excluding hydrogens is 248 g/mol. The lowest BCUT2D eigenvalue weighted by Gasteiger charge is -2.27. The number of benzene rings is 2. The number of rotatable bonds is 6. The van der Waals surface area contributed by atoms with Crippen LogP contribution in [0.3, 0.4) is 0 Å². The van der Waals surface area contributed by atoms with Crippen molar-refractivity contribution in [3.05, 3.63) is 48.0 Å². The van der Waals surface area contributed by atoms with E-state index in [9.17, 15) is 0 Å². The maximum atomic E-state index is 5.94. The van der Waals surface area contributed by atoms with E-state index in [1.807, 2.05) is 6.92 Å². The van der Waals surface area contributed by atoms with Crippen molar-refractivity contribution in [2.45, 2.75) is 31.9 Å². The number of fused-ring (bicyclic) bond motifs is 1. The van der Waals surface area contributed by atoms with Crippen molar-refractivity contribution in [1.29, 1.82) is 0 Å². The Balaban J connectivity index is 1.93. The molecule has 3 nitrogen and oxygen atoms in total. The van der Waals surface area contributed by atoms with Crippen molar-refractivity contribution >= 4 is 10.8 Å². The highest BCUT2D eigenvalue weighted by Gasteiger charge is 2.37. The van der Waals surface area contributed by atoms with Gasteiger partial charge in [-0.1, -0.05) is 36.4 Å². The number of hydrazine groups is 1. The van der Waals surface area contributed by atoms with Gasteiger partial charge in [-0.2, -0.15) is 0 Å². The standard InChI is InChI=1S/C17H22N2O/c1-2-20-17(13-8-9-13)16(19-18)15-10-7-12-5-3-4-6-14(12)11-15/h3-7,10-11,13,16-17,19H,2,8-9,18H2,1H3. The average Bonchev–Trinajstić information content (AvgIpc) is 3.31. The predicted octanol–water partition coefficient (Wildman–Crippen LogP) is 3.16. The molecule has 0 bridgehead atoms. The molecule has 1 aliphatic carbocycles. The van der Waals surface area contributed by atoms with Crippen molar-refractivity contribution in [1.82, 2.24) is 5.43 Å². The second-order valence-corrected chi connectivity index (χ2v) is 5.51. The van der Waals surface area contributed by atoms with E-state index in [2.05, 4.69) is 47.9 Å². The summed E-state index contributed by atoms with van der Waals surface area (Å²) in [5.74, 6) is 6.46. The molecule has 0 spiro atoms. The first-order valence-electron chi connectivity index (χ1n) is 7.40. The van der Waals surface area contributed by atoms with Crippen LogP contribution in [-0.2, 0) is 4.74 Å². The number of nitrogens with one attached hydrogen (secondary N) is 1. The Bertz CT molecular complexity index is 580. The number of nitrogens with two attached hydrogens (primary N) is 1. The highest BCUT2D eigenvalue weighted by Crippen LogP contribution is 2.40. The highest BCUT2D eigenvalue weighted by molar-refractivity contribution is 5.83. The molecule has 0 saturated heterocycles. The number of hydrogen-bond acceptors (Lipinski definition) is 3. The zero-order valence-corrected chi connectivity index (χ0v) is 11.9. The Morgan fingerprint density at radius 1 is 1.20 bits per heavy atom. The van der Waals surface area contributed by atoms with E-state index < -0.39 is 0 Å². The fourth-order valence-corrected chi connectivity index (χ4v) is 2.90. The first kappa shape index (κ1) is 13.6. The maximum Gasteiger partial charge on any atom is 0.0810 e. The summed E-state index contributed by atoms with van der Waals surface area (Å²) in [6, 6.07) is 15.0. The molecule has 1 aliphatic rings. The first-order chi connectivity index (χ1) is 9.83. The summed E-state index contributed by atoms with van der Waals surface area (Å²) in [6.07, 6.45) is 2.67. The van der Waals surface area contributed by atoms with Crippen LogP contribution in [-0.4, -0.2) is 12.7 Å². The van der Waals surface area contributed by atoms with Gasteiger partial charge in [0.15, 0.2) is 0 Å². The van der Waals surface area contributed by atoms with Crippen LogP contribution in [0.5, 0.6) is 0 Å². The normalized spacial score (nSPS) is 18.1. The van der Waals surface area contributed by atoms with Crippen LogP contribution in [0.25, 0.3) is 10.8 Å². The number of hydrogen-bond donors (Lipinski definition) is 2. The molecule has 3 heteroatoms. The minimum atomic E-state index is 0.0621. The molecule has 2 aromatic rings. The summed E-state index contributed by atoms with van der Waals surface area (Å²) in [7, 11) is 0. The first-order valence-corrected chi connectivity index (χ1v) is 7.40. The third-order valence-electron chi connectivity index (χ3n) is 4.09. The molecule has 1 saturated carbocycles. The molecule has 3 N–H and O–H groups in total. The predicted molar refractivity (Wildman–Crippen MR) is 82.2 cm³/mol. The SMILES string of the molecule is CCOC(C1CC1)C(NN)c1ccc2ccccc2c1. The van der Waals surface area contributed by atoms with E-state index in [0.29, 0.717) is 5.92 Å². The van der Waals surface area contributed by atoms with E-state index >= 15 is 0 Å². The van der Waals surface area contributed by atoms with Gasteiger partial charge in [0.1, 0.15) is 0 Å². The summed E-state index contributed by atoms with van der Waals surface area (Å²) in [5, 5.41) is 2.50. The van der Waals surface area contributed by atoms with Crippen molar-refractivity contribution in [3.8, 4) is 0 Å². The Labute approximate surface area is 120 Å². The van der Waals surface area contributed by atoms with Gasteiger partial charge in [-0.25, -0.2) is 0 Å². The molecule has 1 fully saturated rings. The van der Waals surface area contributed by atoms with Gasteiger partial charge in [0, 0.05) is 6.61 Å². The van der Waals surface area contributed by atoms with Gasteiger partial charge in [-0.15, -0.1) is 0 Å². The van der Waals surface area contributed by atoms with Crippen molar-refractivity contribution in [2.24, 2.45) is 11.8 Å². The van der Waals surface area contributed by atoms with Crippen LogP contribution in [0.15, 0.2) is 42.5 Å². The van der Waals surface area contributed by atoms with Crippen LogP contribution in [0, 0.1) is 5.92 Å². The van der Waals surface area contributed by atoms with Crippen LogP contribution >= 0.6 is 0 Å². The van der Waals surface area contributed by atoms with Gasteiger partial charge in [0.05, 0.1) is 12.1 Å². The molecule has 106 valence electrons. The monoisotopic (exact) mass is 270 g/mol. The lowest BCUT2D eigenvalue weighted by molar-refractivity contribution is 0.0186. The lowest BCUT2D eigenvalue weighted by atomic mass is 9.96. The maximum absolute atomic E-state index is 5.94. The van der Waals surface area contributed by atoms with E-state index in [0.717, 1.165) is 6.61 Å². The van der Waals surface area contributed by atoms with Crippen LogP contribution in [0.4, 0.5) is 0 Å². The molecule has 0 aromatic heterocycles. The molecule has 2 unspecified atom stereocenters. The molecule has 0 aliphatic heterocycles. The van der Waals surface area contributed by atoms with E-state index in [1.165, 1.54) is 29.2 Å². The third-order valence-corrected chi connectivity index (χ3v) is 4.09. The minimum Gasteiger partial charge on any atom is -0.376 e. The zero-order valence-electron chi connectivity index (χ0n) is 11.9. The summed E-state index contributed by atoms with van der Waals surface area (Å²) in [4.78, 5) is 0. The average molecular weight is 270 g/mol. The third kappa shape index (κ3) is 2.70. The van der Waals surface area contributed by atoms with Gasteiger partial charge >= 0.3 is 0 Å².